The highest BCUT2D eigenvalue weighted by molar-refractivity contribution is 6.05. The Hall–Kier alpha value is -2.76. The van der Waals surface area contributed by atoms with Crippen molar-refractivity contribution in [2.45, 2.75) is 0 Å². The summed E-state index contributed by atoms with van der Waals surface area (Å²) in [7, 11) is 0. The standard InChI is InChI=1S/C12H11N3O3/c13-9-5-7(16)1-2-10(9)15-12(18)8-6-14-4-3-11(8)17/h1-6,16H,13H2,(H,14,17)(H,15,18). The van der Waals surface area contributed by atoms with Gasteiger partial charge in [0.25, 0.3) is 5.91 Å². The number of carbonyl (C=O) groups is 1. The molecular formula is C12H11N3O3. The number of amides is 1. The van der Waals surface area contributed by atoms with Gasteiger partial charge in [-0.15, -0.1) is 0 Å². The van der Waals surface area contributed by atoms with Crippen molar-refractivity contribution in [1.82, 2.24) is 4.98 Å². The molecule has 0 bridgehead atoms. The molecule has 1 aromatic carbocycles. The van der Waals surface area contributed by atoms with Crippen molar-refractivity contribution in [1.29, 1.82) is 0 Å². The van der Waals surface area contributed by atoms with Crippen LogP contribution in [0.3, 0.4) is 0 Å². The zero-order valence-electron chi connectivity index (χ0n) is 9.31. The Morgan fingerprint density at radius 3 is 2.78 bits per heavy atom. The van der Waals surface area contributed by atoms with Gasteiger partial charge < -0.3 is 21.1 Å². The number of benzene rings is 1. The monoisotopic (exact) mass is 245 g/mol. The minimum absolute atomic E-state index is 0.00283. The molecule has 2 aromatic rings. The van der Waals surface area contributed by atoms with Crippen molar-refractivity contribution in [3.63, 3.8) is 0 Å². The number of nitrogens with one attached hydrogen (secondary N) is 2. The topological polar surface area (TPSA) is 108 Å². The quantitative estimate of drug-likeness (QED) is 0.466. The second-order valence-electron chi connectivity index (χ2n) is 3.65. The van der Waals surface area contributed by atoms with Gasteiger partial charge in [0.15, 0.2) is 5.43 Å². The summed E-state index contributed by atoms with van der Waals surface area (Å²) in [6.07, 6.45) is 2.75. The Kier molecular flexibility index (Phi) is 3.01. The van der Waals surface area contributed by atoms with Crippen LogP contribution in [0.15, 0.2) is 41.5 Å². The zero-order chi connectivity index (χ0) is 13.1. The van der Waals surface area contributed by atoms with E-state index < -0.39 is 5.91 Å². The van der Waals surface area contributed by atoms with E-state index in [4.69, 9.17) is 5.73 Å². The first kappa shape index (κ1) is 11.7. The van der Waals surface area contributed by atoms with Crippen LogP contribution in [0.25, 0.3) is 0 Å². The molecule has 92 valence electrons. The predicted octanol–water partition coefficient (Wildman–Crippen LogP) is 0.915. The molecule has 6 heteroatoms. The number of anilines is 2. The van der Waals surface area contributed by atoms with E-state index in [1.54, 1.807) is 0 Å². The summed E-state index contributed by atoms with van der Waals surface area (Å²) in [6, 6.07) is 5.42. The third-order valence-corrected chi connectivity index (χ3v) is 2.35. The summed E-state index contributed by atoms with van der Waals surface area (Å²) in [6.45, 7) is 0. The van der Waals surface area contributed by atoms with Gasteiger partial charge in [-0.3, -0.25) is 9.59 Å². The smallest absolute Gasteiger partial charge is 0.261 e. The second-order valence-corrected chi connectivity index (χ2v) is 3.65. The number of nitrogens with two attached hydrogens (primary N) is 1. The largest absolute Gasteiger partial charge is 0.508 e. The number of hydrogen-bond donors (Lipinski definition) is 4. The third-order valence-electron chi connectivity index (χ3n) is 2.35. The Morgan fingerprint density at radius 1 is 1.33 bits per heavy atom. The molecule has 1 aromatic heterocycles. The second kappa shape index (κ2) is 4.62. The van der Waals surface area contributed by atoms with Crippen molar-refractivity contribution in [3.05, 3.63) is 52.4 Å². The van der Waals surface area contributed by atoms with Crippen LogP contribution in [0.2, 0.25) is 0 Å². The molecule has 5 N–H and O–H groups in total. The van der Waals surface area contributed by atoms with Gasteiger partial charge in [-0.1, -0.05) is 0 Å². The van der Waals surface area contributed by atoms with Gasteiger partial charge in [0.2, 0.25) is 0 Å². The molecule has 0 saturated carbocycles. The summed E-state index contributed by atoms with van der Waals surface area (Å²) >= 11 is 0. The Bertz CT molecular complexity index is 649. The molecule has 2 rings (SSSR count). The van der Waals surface area contributed by atoms with Crippen LogP contribution in [0.1, 0.15) is 10.4 Å². The van der Waals surface area contributed by atoms with Crippen LogP contribution >= 0.6 is 0 Å². The van der Waals surface area contributed by atoms with E-state index in [1.165, 1.54) is 36.7 Å². The number of aromatic amines is 1. The molecule has 0 radical (unpaired) electrons. The molecule has 6 nitrogen and oxygen atoms in total. The summed E-state index contributed by atoms with van der Waals surface area (Å²) in [5.41, 5.74) is 5.78. The molecule has 0 aliphatic carbocycles. The fourth-order valence-corrected chi connectivity index (χ4v) is 1.45. The molecule has 0 unspecified atom stereocenters. The Balaban J connectivity index is 2.27. The number of rotatable bonds is 2. The van der Waals surface area contributed by atoms with Crippen LogP contribution in [-0.4, -0.2) is 16.0 Å². The summed E-state index contributed by atoms with van der Waals surface area (Å²) < 4.78 is 0. The number of carbonyl (C=O) groups excluding carboxylic acids is 1. The van der Waals surface area contributed by atoms with Gasteiger partial charge in [-0.2, -0.15) is 0 Å². The number of aromatic hydroxyl groups is 1. The summed E-state index contributed by atoms with van der Waals surface area (Å²) in [4.78, 5) is 25.9. The molecule has 0 aliphatic rings. The van der Waals surface area contributed by atoms with E-state index in [1.807, 2.05) is 0 Å². The maximum atomic E-state index is 11.8. The number of aromatic nitrogens is 1. The van der Waals surface area contributed by atoms with Crippen molar-refractivity contribution < 1.29 is 9.90 Å². The van der Waals surface area contributed by atoms with Gasteiger partial charge >= 0.3 is 0 Å². The fraction of sp³-hybridized carbons (Fsp3) is 0. The molecule has 1 amide bonds. The minimum atomic E-state index is -0.561. The van der Waals surface area contributed by atoms with E-state index >= 15 is 0 Å². The van der Waals surface area contributed by atoms with Crippen LogP contribution in [0, 0.1) is 0 Å². The maximum absolute atomic E-state index is 11.8. The zero-order valence-corrected chi connectivity index (χ0v) is 9.31. The van der Waals surface area contributed by atoms with Crippen LogP contribution in [0.4, 0.5) is 11.4 Å². The first-order valence-electron chi connectivity index (χ1n) is 5.15. The Morgan fingerprint density at radius 2 is 2.11 bits per heavy atom. The lowest BCUT2D eigenvalue weighted by molar-refractivity contribution is 0.102. The lowest BCUT2D eigenvalue weighted by atomic mass is 10.2. The molecule has 18 heavy (non-hydrogen) atoms. The maximum Gasteiger partial charge on any atom is 0.261 e. The van der Waals surface area contributed by atoms with Crippen LogP contribution in [-0.2, 0) is 0 Å². The summed E-state index contributed by atoms with van der Waals surface area (Å²) in [5.74, 6) is -0.558. The SMILES string of the molecule is Nc1cc(O)ccc1NC(=O)c1c[nH]ccc1=O. The van der Waals surface area contributed by atoms with Gasteiger partial charge in [-0.05, 0) is 12.1 Å². The highest BCUT2D eigenvalue weighted by Crippen LogP contribution is 2.23. The van der Waals surface area contributed by atoms with Crippen molar-refractivity contribution in [2.75, 3.05) is 11.1 Å². The number of nitrogen functional groups attached to an aromatic ring is 1. The lowest BCUT2D eigenvalue weighted by Gasteiger charge is -2.07. The van der Waals surface area contributed by atoms with Gasteiger partial charge in [0.05, 0.1) is 11.4 Å². The number of phenolic OH excluding ortho intramolecular Hbond substituents is 1. The van der Waals surface area contributed by atoms with Gasteiger partial charge in [-0.25, -0.2) is 0 Å². The third kappa shape index (κ3) is 2.32. The van der Waals surface area contributed by atoms with E-state index in [0.29, 0.717) is 5.69 Å². The molecule has 0 spiro atoms. The first-order valence-corrected chi connectivity index (χ1v) is 5.15. The van der Waals surface area contributed by atoms with Crippen molar-refractivity contribution >= 4 is 17.3 Å². The van der Waals surface area contributed by atoms with E-state index in [9.17, 15) is 14.7 Å². The summed E-state index contributed by atoms with van der Waals surface area (Å²) in [5, 5.41) is 11.7. The average Bonchev–Trinajstić information content (AvgIpc) is 2.33. The number of H-pyrrole nitrogens is 1. The van der Waals surface area contributed by atoms with E-state index in [2.05, 4.69) is 10.3 Å². The molecule has 0 saturated heterocycles. The highest BCUT2D eigenvalue weighted by Gasteiger charge is 2.11. The molecule has 0 atom stereocenters. The number of phenols is 1. The number of pyridine rings is 1. The molecule has 0 fully saturated rings. The van der Waals surface area contributed by atoms with Gasteiger partial charge in [0.1, 0.15) is 11.3 Å². The van der Waals surface area contributed by atoms with Crippen molar-refractivity contribution in [2.24, 2.45) is 0 Å². The average molecular weight is 245 g/mol. The van der Waals surface area contributed by atoms with E-state index in [-0.39, 0.29) is 22.4 Å². The van der Waals surface area contributed by atoms with Crippen LogP contribution < -0.4 is 16.5 Å². The predicted molar refractivity (Wildman–Crippen MR) is 67.5 cm³/mol. The highest BCUT2D eigenvalue weighted by atomic mass is 16.3. The van der Waals surface area contributed by atoms with Gasteiger partial charge in [0, 0.05) is 24.5 Å². The normalized spacial score (nSPS) is 10.0. The minimum Gasteiger partial charge on any atom is -0.508 e. The fourth-order valence-electron chi connectivity index (χ4n) is 1.45. The molecular weight excluding hydrogens is 234 g/mol. The first-order chi connectivity index (χ1) is 8.58. The van der Waals surface area contributed by atoms with Crippen molar-refractivity contribution in [3.8, 4) is 5.75 Å². The Labute approximate surface area is 102 Å². The van der Waals surface area contributed by atoms with E-state index in [0.717, 1.165) is 0 Å². The number of hydrogen-bond acceptors (Lipinski definition) is 4. The molecule has 0 aliphatic heterocycles. The lowest BCUT2D eigenvalue weighted by Crippen LogP contribution is -2.21. The molecule has 1 heterocycles. The van der Waals surface area contributed by atoms with Crippen LogP contribution in [0.5, 0.6) is 5.75 Å².